The molecule has 2 N–H and O–H groups in total. The molecule has 0 saturated heterocycles. The van der Waals surface area contributed by atoms with Crippen LogP contribution < -0.4 is 5.73 Å². The quantitative estimate of drug-likeness (QED) is 0.907. The maximum absolute atomic E-state index is 13.5. The molecule has 2 aliphatic rings. The van der Waals surface area contributed by atoms with Crippen molar-refractivity contribution in [3.05, 3.63) is 35.9 Å². The summed E-state index contributed by atoms with van der Waals surface area (Å²) in [4.78, 5) is 12.2. The molecule has 2 aliphatic carbocycles. The van der Waals surface area contributed by atoms with Crippen molar-refractivity contribution in [2.75, 3.05) is 6.67 Å². The number of rotatable bonds is 3. The van der Waals surface area contributed by atoms with E-state index in [2.05, 4.69) is 19.1 Å². The van der Waals surface area contributed by atoms with Gasteiger partial charge in [-0.2, -0.15) is 0 Å². The molecule has 4 atom stereocenters. The lowest BCUT2D eigenvalue weighted by molar-refractivity contribution is -0.138. The van der Waals surface area contributed by atoms with Gasteiger partial charge in [0.15, 0.2) is 0 Å². The van der Waals surface area contributed by atoms with Crippen molar-refractivity contribution in [1.82, 2.24) is 0 Å². The van der Waals surface area contributed by atoms with E-state index in [4.69, 9.17) is 5.73 Å². The van der Waals surface area contributed by atoms with E-state index >= 15 is 0 Å². The molecule has 2 unspecified atom stereocenters. The average molecular weight is 289 g/mol. The molecule has 2 saturated carbocycles. The number of hydrogen-bond acceptors (Lipinski definition) is 1. The third-order valence-electron chi connectivity index (χ3n) is 5.64. The van der Waals surface area contributed by atoms with Crippen LogP contribution in [0.4, 0.5) is 4.39 Å². The molecule has 0 heterocycles. The summed E-state index contributed by atoms with van der Waals surface area (Å²) in [6, 6.07) is 10.3. The smallest absolute Gasteiger partial charge is 0.223 e. The second-order valence-corrected chi connectivity index (χ2v) is 7.41. The first-order valence-electron chi connectivity index (χ1n) is 7.91. The number of primary amides is 1. The van der Waals surface area contributed by atoms with E-state index in [0.29, 0.717) is 12.3 Å². The highest BCUT2D eigenvalue weighted by Gasteiger charge is 2.56. The van der Waals surface area contributed by atoms with Crippen molar-refractivity contribution in [2.24, 2.45) is 23.0 Å². The normalized spacial score (nSPS) is 39.0. The van der Waals surface area contributed by atoms with Crippen molar-refractivity contribution >= 4 is 5.91 Å². The van der Waals surface area contributed by atoms with Gasteiger partial charge >= 0.3 is 0 Å². The minimum absolute atomic E-state index is 0.0426. The van der Waals surface area contributed by atoms with Crippen LogP contribution in [0.15, 0.2) is 30.3 Å². The maximum Gasteiger partial charge on any atom is 0.223 e. The lowest BCUT2D eigenvalue weighted by Gasteiger charge is -2.55. The van der Waals surface area contributed by atoms with E-state index in [1.807, 2.05) is 18.2 Å². The fourth-order valence-corrected chi connectivity index (χ4v) is 5.21. The van der Waals surface area contributed by atoms with Gasteiger partial charge in [0.2, 0.25) is 5.91 Å². The maximum atomic E-state index is 13.5. The van der Waals surface area contributed by atoms with Gasteiger partial charge in [0, 0.05) is 0 Å². The molecule has 1 aromatic carbocycles. The van der Waals surface area contributed by atoms with Gasteiger partial charge in [-0.3, -0.25) is 9.18 Å². The Bertz CT molecular complexity index is 531. The zero-order valence-electron chi connectivity index (χ0n) is 12.6. The van der Waals surface area contributed by atoms with Gasteiger partial charge in [0.25, 0.3) is 0 Å². The Morgan fingerprint density at radius 1 is 1.24 bits per heavy atom. The first-order valence-corrected chi connectivity index (χ1v) is 7.91. The highest BCUT2D eigenvalue weighted by Crippen LogP contribution is 2.59. The Morgan fingerprint density at radius 2 is 1.95 bits per heavy atom. The molecule has 2 nitrogen and oxygen atoms in total. The molecule has 0 aliphatic heterocycles. The number of alkyl halides is 1. The lowest BCUT2D eigenvalue weighted by Crippen LogP contribution is -2.54. The minimum Gasteiger partial charge on any atom is -0.369 e. The number of hydrogen-bond donors (Lipinski definition) is 1. The number of benzene rings is 1. The Kier molecular flexibility index (Phi) is 3.54. The summed E-state index contributed by atoms with van der Waals surface area (Å²) in [6.07, 6.45) is 4.10. The van der Waals surface area contributed by atoms with Gasteiger partial charge in [-0.15, -0.1) is 0 Å². The van der Waals surface area contributed by atoms with Crippen molar-refractivity contribution in [1.29, 1.82) is 0 Å². The molecule has 0 radical (unpaired) electrons. The summed E-state index contributed by atoms with van der Waals surface area (Å²) in [5.74, 6) is 0.179. The molecule has 3 heteroatoms. The topological polar surface area (TPSA) is 43.1 Å². The van der Waals surface area contributed by atoms with Crippen LogP contribution in [0.2, 0.25) is 0 Å². The molecule has 1 amide bonds. The SMILES string of the molecule is CC1CC2(C(N)=O)C[C@@H](CF)C[C@](c3ccccc3)(C1)C2. The first-order chi connectivity index (χ1) is 10.00. The van der Waals surface area contributed by atoms with E-state index < -0.39 is 5.41 Å². The van der Waals surface area contributed by atoms with Crippen LogP contribution >= 0.6 is 0 Å². The number of halogens is 1. The Labute approximate surface area is 125 Å². The van der Waals surface area contributed by atoms with Gasteiger partial charge in [0.05, 0.1) is 12.1 Å². The molecule has 21 heavy (non-hydrogen) atoms. The molecule has 0 spiro atoms. The second kappa shape index (κ2) is 5.11. The summed E-state index contributed by atoms with van der Waals surface area (Å²) in [5, 5.41) is 0. The standard InChI is InChI=1S/C18H24FNO/c1-13-7-17(15-5-3-2-4-6-15)9-14(11-19)10-18(8-13,12-17)16(20)21/h2-6,13-14H,7-12H2,1H3,(H2,20,21)/t13?,14-,17+,18?/m0/s1. The van der Waals surface area contributed by atoms with Crippen LogP contribution in [0.5, 0.6) is 0 Å². The van der Waals surface area contributed by atoms with Crippen LogP contribution in [0.1, 0.15) is 44.6 Å². The fraction of sp³-hybridized carbons (Fsp3) is 0.611. The van der Waals surface area contributed by atoms with Gasteiger partial charge in [0.1, 0.15) is 0 Å². The van der Waals surface area contributed by atoms with Crippen LogP contribution in [-0.2, 0) is 10.2 Å². The van der Waals surface area contributed by atoms with Crippen molar-refractivity contribution < 1.29 is 9.18 Å². The average Bonchev–Trinajstić information content (AvgIpc) is 2.46. The molecule has 2 fully saturated rings. The summed E-state index contributed by atoms with van der Waals surface area (Å²) in [6.45, 7) is 1.85. The predicted octanol–water partition coefficient (Wildman–Crippen LogP) is 3.60. The zero-order valence-corrected chi connectivity index (χ0v) is 12.6. The molecular formula is C18H24FNO. The number of nitrogens with two attached hydrogens (primary N) is 1. The lowest BCUT2D eigenvalue weighted by atomic mass is 9.48. The second-order valence-electron chi connectivity index (χ2n) is 7.41. The number of fused-ring (bicyclic) bond motifs is 2. The van der Waals surface area contributed by atoms with Crippen LogP contribution in [-0.4, -0.2) is 12.6 Å². The molecule has 3 rings (SSSR count). The largest absolute Gasteiger partial charge is 0.369 e. The predicted molar refractivity (Wildman–Crippen MR) is 81.5 cm³/mol. The van der Waals surface area contributed by atoms with Crippen molar-refractivity contribution in [2.45, 2.75) is 44.4 Å². The van der Waals surface area contributed by atoms with E-state index in [1.54, 1.807) is 0 Å². The summed E-state index contributed by atoms with van der Waals surface area (Å²) < 4.78 is 13.5. The molecule has 114 valence electrons. The van der Waals surface area contributed by atoms with Crippen molar-refractivity contribution in [3.63, 3.8) is 0 Å². The van der Waals surface area contributed by atoms with Crippen LogP contribution in [0.25, 0.3) is 0 Å². The van der Waals surface area contributed by atoms with E-state index in [1.165, 1.54) is 5.56 Å². The third-order valence-corrected chi connectivity index (χ3v) is 5.64. The third kappa shape index (κ3) is 2.37. The van der Waals surface area contributed by atoms with Gasteiger partial charge in [-0.1, -0.05) is 37.3 Å². The van der Waals surface area contributed by atoms with E-state index in [0.717, 1.165) is 25.7 Å². The summed E-state index contributed by atoms with van der Waals surface area (Å²) in [5.41, 5.74) is 6.42. The summed E-state index contributed by atoms with van der Waals surface area (Å²) in [7, 11) is 0. The van der Waals surface area contributed by atoms with Gasteiger partial charge < -0.3 is 5.73 Å². The molecular weight excluding hydrogens is 265 g/mol. The monoisotopic (exact) mass is 289 g/mol. The summed E-state index contributed by atoms with van der Waals surface area (Å²) >= 11 is 0. The van der Waals surface area contributed by atoms with E-state index in [-0.39, 0.29) is 23.9 Å². The van der Waals surface area contributed by atoms with Gasteiger partial charge in [-0.05, 0) is 54.9 Å². The first kappa shape index (κ1) is 14.6. The molecule has 2 bridgehead atoms. The minimum atomic E-state index is -0.511. The van der Waals surface area contributed by atoms with E-state index in [9.17, 15) is 9.18 Å². The highest BCUT2D eigenvalue weighted by atomic mass is 19.1. The Balaban J connectivity index is 2.07. The number of amides is 1. The molecule has 1 aromatic rings. The number of carbonyl (C=O) groups is 1. The van der Waals surface area contributed by atoms with Crippen LogP contribution in [0.3, 0.4) is 0 Å². The zero-order chi connectivity index (χ0) is 15.1. The highest BCUT2D eigenvalue weighted by molar-refractivity contribution is 5.81. The van der Waals surface area contributed by atoms with Gasteiger partial charge in [-0.25, -0.2) is 0 Å². The van der Waals surface area contributed by atoms with Crippen molar-refractivity contribution in [3.8, 4) is 0 Å². The Hall–Kier alpha value is -1.38. The fourth-order valence-electron chi connectivity index (χ4n) is 5.21. The molecule has 0 aromatic heterocycles. The van der Waals surface area contributed by atoms with Crippen LogP contribution in [0, 0.1) is 17.3 Å². The Morgan fingerprint density at radius 3 is 2.57 bits per heavy atom. The number of carbonyl (C=O) groups excluding carboxylic acids is 1.